The van der Waals surface area contributed by atoms with Crippen molar-refractivity contribution < 1.29 is 23.8 Å². The largest absolute Gasteiger partial charge is 0.465 e. The summed E-state index contributed by atoms with van der Waals surface area (Å²) in [4.78, 5) is 28.9. The van der Waals surface area contributed by atoms with Gasteiger partial charge in [-0.15, -0.1) is 10.2 Å². The minimum absolute atomic E-state index is 0.181. The molecule has 0 spiro atoms. The van der Waals surface area contributed by atoms with Gasteiger partial charge in [-0.25, -0.2) is 4.79 Å². The van der Waals surface area contributed by atoms with Crippen molar-refractivity contribution in [2.24, 2.45) is 0 Å². The van der Waals surface area contributed by atoms with Gasteiger partial charge in [0, 0.05) is 31.7 Å². The molecule has 9 nitrogen and oxygen atoms in total. The third-order valence-corrected chi connectivity index (χ3v) is 5.77. The molecule has 1 saturated heterocycles. The zero-order valence-electron chi connectivity index (χ0n) is 18.1. The minimum atomic E-state index is -0.518. The number of ether oxygens (including phenoxy) is 3. The van der Waals surface area contributed by atoms with E-state index >= 15 is 0 Å². The van der Waals surface area contributed by atoms with Crippen LogP contribution >= 0.6 is 0 Å². The highest BCUT2D eigenvalue weighted by molar-refractivity contribution is 6.05. The number of esters is 1. The molecule has 1 amide bonds. The van der Waals surface area contributed by atoms with E-state index in [1.807, 2.05) is 30.3 Å². The first kappa shape index (κ1) is 20.7. The van der Waals surface area contributed by atoms with Crippen molar-refractivity contribution in [2.45, 2.75) is 0 Å². The number of piperazine rings is 1. The Hall–Kier alpha value is -4.14. The number of benzene rings is 2. The molecule has 33 heavy (non-hydrogen) atoms. The van der Waals surface area contributed by atoms with Crippen LogP contribution in [0.25, 0.3) is 11.3 Å². The second-order valence-electron chi connectivity index (χ2n) is 7.66. The standard InChI is InChI=1S/C24H22N4O5/c1-31-24(30)18-5-3-2-4-17(18)23(29)28-12-10-27(11-13-28)22-9-7-19(25-26-22)16-6-8-20-21(14-16)33-15-32-20/h2-9,14H,10-13,15H2,1H3. The van der Waals surface area contributed by atoms with Crippen LogP contribution in [0.1, 0.15) is 20.7 Å². The van der Waals surface area contributed by atoms with Gasteiger partial charge in [-0.3, -0.25) is 4.79 Å². The van der Waals surface area contributed by atoms with Gasteiger partial charge in [0.2, 0.25) is 6.79 Å². The van der Waals surface area contributed by atoms with Crippen LogP contribution in [0.3, 0.4) is 0 Å². The Morgan fingerprint density at radius 3 is 2.36 bits per heavy atom. The lowest BCUT2D eigenvalue weighted by Crippen LogP contribution is -2.49. The quantitative estimate of drug-likeness (QED) is 0.565. The lowest BCUT2D eigenvalue weighted by atomic mass is 10.1. The average molecular weight is 446 g/mol. The van der Waals surface area contributed by atoms with E-state index in [-0.39, 0.29) is 18.3 Å². The van der Waals surface area contributed by atoms with E-state index in [9.17, 15) is 9.59 Å². The topological polar surface area (TPSA) is 94.1 Å². The summed E-state index contributed by atoms with van der Waals surface area (Å²) in [5.74, 6) is 1.48. The van der Waals surface area contributed by atoms with E-state index in [4.69, 9.17) is 14.2 Å². The van der Waals surface area contributed by atoms with Crippen LogP contribution in [0.15, 0.2) is 54.6 Å². The monoisotopic (exact) mass is 446 g/mol. The van der Waals surface area contributed by atoms with Crippen LogP contribution in [0.5, 0.6) is 11.5 Å². The molecule has 2 aliphatic rings. The molecule has 3 heterocycles. The van der Waals surface area contributed by atoms with Crippen LogP contribution < -0.4 is 14.4 Å². The number of fused-ring (bicyclic) bond motifs is 1. The molecule has 2 aromatic carbocycles. The first-order valence-electron chi connectivity index (χ1n) is 10.6. The van der Waals surface area contributed by atoms with Crippen LogP contribution in [0.2, 0.25) is 0 Å². The molecule has 0 atom stereocenters. The number of amides is 1. The number of hydrogen-bond acceptors (Lipinski definition) is 8. The first-order chi connectivity index (χ1) is 16.1. The van der Waals surface area contributed by atoms with Gasteiger partial charge in [0.25, 0.3) is 5.91 Å². The summed E-state index contributed by atoms with van der Waals surface area (Å²) in [7, 11) is 1.31. The van der Waals surface area contributed by atoms with E-state index < -0.39 is 5.97 Å². The lowest BCUT2D eigenvalue weighted by Gasteiger charge is -2.35. The van der Waals surface area contributed by atoms with E-state index in [1.165, 1.54) is 7.11 Å². The smallest absolute Gasteiger partial charge is 0.338 e. The van der Waals surface area contributed by atoms with Crippen molar-refractivity contribution in [3.8, 4) is 22.8 Å². The zero-order valence-corrected chi connectivity index (χ0v) is 18.1. The molecule has 168 valence electrons. The second kappa shape index (κ2) is 8.78. The van der Waals surface area contributed by atoms with Crippen LogP contribution in [0, 0.1) is 0 Å². The normalized spacial score (nSPS) is 14.8. The van der Waals surface area contributed by atoms with E-state index in [0.717, 1.165) is 22.8 Å². The summed E-state index contributed by atoms with van der Waals surface area (Å²) in [5.41, 5.74) is 2.27. The molecule has 0 radical (unpaired) electrons. The Bertz CT molecular complexity index is 1190. The molecule has 0 saturated carbocycles. The zero-order chi connectivity index (χ0) is 22.8. The molecule has 9 heteroatoms. The van der Waals surface area contributed by atoms with Gasteiger partial charge < -0.3 is 24.0 Å². The predicted octanol–water partition coefficient (Wildman–Crippen LogP) is 2.62. The van der Waals surface area contributed by atoms with E-state index in [1.54, 1.807) is 29.2 Å². The van der Waals surface area contributed by atoms with E-state index in [2.05, 4.69) is 15.1 Å². The number of carbonyl (C=O) groups is 2. The highest BCUT2D eigenvalue weighted by Gasteiger charge is 2.26. The third-order valence-electron chi connectivity index (χ3n) is 5.77. The van der Waals surface area contributed by atoms with Crippen LogP contribution in [-0.4, -0.2) is 67.1 Å². The van der Waals surface area contributed by atoms with Gasteiger partial charge in [-0.05, 0) is 42.5 Å². The van der Waals surface area contributed by atoms with Gasteiger partial charge in [0.05, 0.1) is 23.9 Å². The van der Waals surface area contributed by atoms with Gasteiger partial charge in [0.15, 0.2) is 17.3 Å². The maximum atomic E-state index is 13.0. The molecule has 1 aromatic heterocycles. The van der Waals surface area contributed by atoms with Gasteiger partial charge >= 0.3 is 5.97 Å². The maximum absolute atomic E-state index is 13.0. The fraction of sp³-hybridized carbons (Fsp3) is 0.250. The van der Waals surface area contributed by atoms with Crippen molar-refractivity contribution in [3.63, 3.8) is 0 Å². The molecule has 0 bridgehead atoms. The van der Waals surface area contributed by atoms with Crippen LogP contribution in [-0.2, 0) is 4.74 Å². The number of hydrogen-bond donors (Lipinski definition) is 0. The van der Waals surface area contributed by atoms with Crippen molar-refractivity contribution in [1.82, 2.24) is 15.1 Å². The Kier molecular flexibility index (Phi) is 5.52. The Morgan fingerprint density at radius 1 is 0.879 bits per heavy atom. The second-order valence-corrected chi connectivity index (χ2v) is 7.66. The van der Waals surface area contributed by atoms with Crippen LogP contribution in [0.4, 0.5) is 5.82 Å². The average Bonchev–Trinajstić information content (AvgIpc) is 3.36. The summed E-state index contributed by atoms with van der Waals surface area (Å²) >= 11 is 0. The molecule has 0 unspecified atom stereocenters. The van der Waals surface area contributed by atoms with Crippen molar-refractivity contribution in [1.29, 1.82) is 0 Å². The fourth-order valence-corrected chi connectivity index (χ4v) is 3.97. The molecule has 5 rings (SSSR count). The lowest BCUT2D eigenvalue weighted by molar-refractivity contribution is 0.0589. The summed E-state index contributed by atoms with van der Waals surface area (Å²) in [5, 5.41) is 8.76. The highest BCUT2D eigenvalue weighted by Crippen LogP contribution is 2.35. The van der Waals surface area contributed by atoms with Crippen molar-refractivity contribution in [3.05, 3.63) is 65.7 Å². The number of methoxy groups -OCH3 is 1. The van der Waals surface area contributed by atoms with Gasteiger partial charge in [-0.2, -0.15) is 0 Å². The molecule has 2 aliphatic heterocycles. The molecule has 1 fully saturated rings. The SMILES string of the molecule is COC(=O)c1ccccc1C(=O)N1CCN(c2ccc(-c3ccc4c(c3)OCO4)nn2)CC1. The first-order valence-corrected chi connectivity index (χ1v) is 10.6. The predicted molar refractivity (Wildman–Crippen MR) is 119 cm³/mol. The maximum Gasteiger partial charge on any atom is 0.338 e. The number of aromatic nitrogens is 2. The Labute approximate surface area is 190 Å². The van der Waals surface area contributed by atoms with E-state index in [0.29, 0.717) is 37.5 Å². The molecule has 0 N–H and O–H groups in total. The van der Waals surface area contributed by atoms with Crippen molar-refractivity contribution >= 4 is 17.7 Å². The molecular formula is C24H22N4O5. The minimum Gasteiger partial charge on any atom is -0.465 e. The Balaban J connectivity index is 1.24. The summed E-state index contributed by atoms with van der Waals surface area (Å²) in [6.45, 7) is 2.49. The third kappa shape index (κ3) is 4.05. The summed E-state index contributed by atoms with van der Waals surface area (Å²) in [6.07, 6.45) is 0. The van der Waals surface area contributed by atoms with Gasteiger partial charge in [0.1, 0.15) is 0 Å². The summed E-state index contributed by atoms with van der Waals surface area (Å²) in [6, 6.07) is 16.2. The van der Waals surface area contributed by atoms with Crippen molar-refractivity contribution in [2.75, 3.05) is 45.0 Å². The van der Waals surface area contributed by atoms with Gasteiger partial charge in [-0.1, -0.05) is 12.1 Å². The number of rotatable bonds is 4. The highest BCUT2D eigenvalue weighted by atomic mass is 16.7. The number of carbonyl (C=O) groups excluding carboxylic acids is 2. The Morgan fingerprint density at radius 2 is 1.64 bits per heavy atom. The summed E-state index contributed by atoms with van der Waals surface area (Å²) < 4.78 is 15.6. The fourth-order valence-electron chi connectivity index (χ4n) is 3.97. The molecule has 3 aromatic rings. The molecular weight excluding hydrogens is 424 g/mol. The number of nitrogens with zero attached hydrogens (tertiary/aromatic N) is 4. The molecule has 0 aliphatic carbocycles. The number of anilines is 1.